The van der Waals surface area contributed by atoms with Gasteiger partial charge in [0.25, 0.3) is 0 Å². The molecule has 3 rings (SSSR count). The predicted molar refractivity (Wildman–Crippen MR) is 97.8 cm³/mol. The minimum Gasteiger partial charge on any atom is -0.497 e. The molecule has 0 N–H and O–H groups in total. The minimum absolute atomic E-state index is 0.0812. The summed E-state index contributed by atoms with van der Waals surface area (Å²) in [6, 6.07) is 11.3. The van der Waals surface area contributed by atoms with E-state index in [0.717, 1.165) is 40.9 Å². The SMILES string of the molecule is CCOc1cc(/C=C2/CCc3cc(OC)ccc3C2=O)ccc1OC. The van der Waals surface area contributed by atoms with Gasteiger partial charge in [-0.05, 0) is 67.3 Å². The molecule has 0 bridgehead atoms. The molecule has 0 saturated carbocycles. The van der Waals surface area contributed by atoms with Crippen molar-refractivity contribution < 1.29 is 19.0 Å². The van der Waals surface area contributed by atoms with E-state index in [0.29, 0.717) is 18.1 Å². The number of ketones is 1. The summed E-state index contributed by atoms with van der Waals surface area (Å²) in [6.45, 7) is 2.49. The fraction of sp³-hybridized carbons (Fsp3) is 0.286. The van der Waals surface area contributed by atoms with Gasteiger partial charge in [-0.1, -0.05) is 6.07 Å². The van der Waals surface area contributed by atoms with Crippen LogP contribution in [-0.2, 0) is 6.42 Å². The van der Waals surface area contributed by atoms with Gasteiger partial charge in [-0.2, -0.15) is 0 Å². The van der Waals surface area contributed by atoms with Gasteiger partial charge in [-0.3, -0.25) is 4.79 Å². The lowest BCUT2D eigenvalue weighted by Gasteiger charge is -2.18. The maximum absolute atomic E-state index is 12.8. The van der Waals surface area contributed by atoms with E-state index in [9.17, 15) is 4.79 Å². The number of allylic oxidation sites excluding steroid dienone is 1. The summed E-state index contributed by atoms with van der Waals surface area (Å²) in [4.78, 5) is 12.8. The second-order valence-electron chi connectivity index (χ2n) is 5.87. The Hall–Kier alpha value is -2.75. The summed E-state index contributed by atoms with van der Waals surface area (Å²) in [5, 5.41) is 0. The number of ether oxygens (including phenoxy) is 3. The first kappa shape index (κ1) is 17.1. The molecule has 1 aliphatic carbocycles. The molecule has 0 aromatic heterocycles. The van der Waals surface area contributed by atoms with E-state index in [1.54, 1.807) is 14.2 Å². The van der Waals surface area contributed by atoms with E-state index < -0.39 is 0 Å². The molecule has 4 heteroatoms. The molecule has 0 radical (unpaired) electrons. The fourth-order valence-electron chi connectivity index (χ4n) is 3.07. The molecule has 0 spiro atoms. The molecule has 130 valence electrons. The zero-order valence-corrected chi connectivity index (χ0v) is 14.8. The minimum atomic E-state index is 0.0812. The average Bonchev–Trinajstić information content (AvgIpc) is 2.64. The van der Waals surface area contributed by atoms with Gasteiger partial charge < -0.3 is 14.2 Å². The Bertz CT molecular complexity index is 821. The number of Topliss-reactive ketones (excluding diaryl/α,β-unsaturated/α-hetero) is 1. The van der Waals surface area contributed by atoms with E-state index in [-0.39, 0.29) is 5.78 Å². The summed E-state index contributed by atoms with van der Waals surface area (Å²) in [6.07, 6.45) is 3.49. The summed E-state index contributed by atoms with van der Waals surface area (Å²) >= 11 is 0. The van der Waals surface area contributed by atoms with Crippen molar-refractivity contribution in [2.75, 3.05) is 20.8 Å². The molecule has 0 unspecified atom stereocenters. The van der Waals surface area contributed by atoms with Gasteiger partial charge in [0.05, 0.1) is 20.8 Å². The molecule has 0 amide bonds. The highest BCUT2D eigenvalue weighted by Gasteiger charge is 2.22. The molecule has 4 nitrogen and oxygen atoms in total. The molecule has 0 aliphatic heterocycles. The first-order valence-electron chi connectivity index (χ1n) is 8.39. The highest BCUT2D eigenvalue weighted by atomic mass is 16.5. The number of aryl methyl sites for hydroxylation is 1. The van der Waals surface area contributed by atoms with Crippen LogP contribution in [0.15, 0.2) is 42.0 Å². The summed E-state index contributed by atoms with van der Waals surface area (Å²) in [5.41, 5.74) is 3.55. The lowest BCUT2D eigenvalue weighted by Crippen LogP contribution is -2.14. The zero-order chi connectivity index (χ0) is 17.8. The number of carbonyl (C=O) groups excluding carboxylic acids is 1. The number of hydrogen-bond acceptors (Lipinski definition) is 4. The Morgan fingerprint density at radius 2 is 1.84 bits per heavy atom. The van der Waals surface area contributed by atoms with E-state index in [2.05, 4.69) is 0 Å². The van der Waals surface area contributed by atoms with Crippen LogP contribution in [0.25, 0.3) is 6.08 Å². The van der Waals surface area contributed by atoms with E-state index in [1.165, 1.54) is 0 Å². The molecule has 2 aromatic carbocycles. The number of carbonyl (C=O) groups is 1. The molecule has 1 aliphatic rings. The molecular weight excluding hydrogens is 316 g/mol. The lowest BCUT2D eigenvalue weighted by atomic mass is 9.86. The quantitative estimate of drug-likeness (QED) is 0.762. The van der Waals surface area contributed by atoms with Crippen molar-refractivity contribution in [1.82, 2.24) is 0 Å². The van der Waals surface area contributed by atoms with Crippen molar-refractivity contribution in [2.24, 2.45) is 0 Å². The van der Waals surface area contributed by atoms with Crippen molar-refractivity contribution >= 4 is 11.9 Å². The third kappa shape index (κ3) is 3.53. The van der Waals surface area contributed by atoms with Gasteiger partial charge >= 0.3 is 0 Å². The molecule has 0 saturated heterocycles. The monoisotopic (exact) mass is 338 g/mol. The van der Waals surface area contributed by atoms with Gasteiger partial charge in [0.2, 0.25) is 0 Å². The zero-order valence-electron chi connectivity index (χ0n) is 14.8. The number of rotatable bonds is 5. The highest BCUT2D eigenvalue weighted by molar-refractivity contribution is 6.13. The van der Waals surface area contributed by atoms with Crippen LogP contribution in [0, 0.1) is 0 Å². The predicted octanol–water partition coefficient (Wildman–Crippen LogP) is 4.32. The van der Waals surface area contributed by atoms with Crippen molar-refractivity contribution in [2.45, 2.75) is 19.8 Å². The summed E-state index contributed by atoms with van der Waals surface area (Å²) in [5.74, 6) is 2.25. The van der Waals surface area contributed by atoms with Gasteiger partial charge in [-0.25, -0.2) is 0 Å². The summed E-state index contributed by atoms with van der Waals surface area (Å²) in [7, 11) is 3.25. The molecule has 25 heavy (non-hydrogen) atoms. The van der Waals surface area contributed by atoms with Gasteiger partial charge in [0.1, 0.15) is 5.75 Å². The third-order valence-electron chi connectivity index (χ3n) is 4.34. The van der Waals surface area contributed by atoms with E-state index in [1.807, 2.05) is 49.4 Å². The largest absolute Gasteiger partial charge is 0.497 e. The van der Waals surface area contributed by atoms with Crippen LogP contribution in [0.3, 0.4) is 0 Å². The second-order valence-corrected chi connectivity index (χ2v) is 5.87. The topological polar surface area (TPSA) is 44.8 Å². The number of benzene rings is 2. The molecule has 0 fully saturated rings. The molecule has 2 aromatic rings. The third-order valence-corrected chi connectivity index (χ3v) is 4.34. The van der Waals surface area contributed by atoms with Crippen molar-refractivity contribution in [3.05, 3.63) is 58.7 Å². The molecular formula is C21H22O4. The smallest absolute Gasteiger partial charge is 0.189 e. The highest BCUT2D eigenvalue weighted by Crippen LogP contribution is 2.32. The Morgan fingerprint density at radius 3 is 2.56 bits per heavy atom. The first-order chi connectivity index (χ1) is 12.2. The Balaban J connectivity index is 1.91. The van der Waals surface area contributed by atoms with Gasteiger partial charge in [0.15, 0.2) is 17.3 Å². The van der Waals surface area contributed by atoms with E-state index >= 15 is 0 Å². The summed E-state index contributed by atoms with van der Waals surface area (Å²) < 4.78 is 16.2. The van der Waals surface area contributed by atoms with Crippen LogP contribution in [-0.4, -0.2) is 26.6 Å². The fourth-order valence-corrected chi connectivity index (χ4v) is 3.07. The second kappa shape index (κ2) is 7.43. The van der Waals surface area contributed by atoms with Gasteiger partial charge in [-0.15, -0.1) is 0 Å². The van der Waals surface area contributed by atoms with Crippen LogP contribution < -0.4 is 14.2 Å². The Labute approximate surface area is 148 Å². The first-order valence-corrected chi connectivity index (χ1v) is 8.39. The van der Waals surface area contributed by atoms with Gasteiger partial charge in [0, 0.05) is 11.1 Å². The van der Waals surface area contributed by atoms with Crippen LogP contribution in [0.1, 0.15) is 34.8 Å². The van der Waals surface area contributed by atoms with Crippen LogP contribution >= 0.6 is 0 Å². The maximum Gasteiger partial charge on any atom is 0.189 e. The number of hydrogen-bond donors (Lipinski definition) is 0. The van der Waals surface area contributed by atoms with E-state index in [4.69, 9.17) is 14.2 Å². The molecule has 0 heterocycles. The Kier molecular flexibility index (Phi) is 5.08. The lowest BCUT2D eigenvalue weighted by molar-refractivity contribution is 0.102. The molecule has 0 atom stereocenters. The standard InChI is InChI=1S/C21H22O4/c1-4-25-20-12-14(5-10-19(20)24-3)11-16-7-6-15-13-17(23-2)8-9-18(15)21(16)22/h5,8-13H,4,6-7H2,1-3H3/b16-11-. The van der Waals surface area contributed by atoms with Crippen LogP contribution in [0.4, 0.5) is 0 Å². The average molecular weight is 338 g/mol. The van der Waals surface area contributed by atoms with Crippen molar-refractivity contribution in [1.29, 1.82) is 0 Å². The van der Waals surface area contributed by atoms with Crippen molar-refractivity contribution in [3.8, 4) is 17.2 Å². The number of methoxy groups -OCH3 is 2. The number of fused-ring (bicyclic) bond motifs is 1. The van der Waals surface area contributed by atoms with Crippen LogP contribution in [0.2, 0.25) is 0 Å². The normalized spacial score (nSPS) is 15.0. The van der Waals surface area contributed by atoms with Crippen LogP contribution in [0.5, 0.6) is 17.2 Å². The maximum atomic E-state index is 12.8. The Morgan fingerprint density at radius 1 is 1.00 bits per heavy atom. The van der Waals surface area contributed by atoms with Crippen molar-refractivity contribution in [3.63, 3.8) is 0 Å².